The molecular formula is C11H14N4O3. The summed E-state index contributed by atoms with van der Waals surface area (Å²) in [5.74, 6) is -1.39. The van der Waals surface area contributed by atoms with Crippen LogP contribution in [-0.2, 0) is 11.8 Å². The first kappa shape index (κ1) is 12.2. The van der Waals surface area contributed by atoms with Gasteiger partial charge in [-0.05, 0) is 6.42 Å². The lowest BCUT2D eigenvalue weighted by Crippen LogP contribution is -2.36. The molecule has 0 radical (unpaired) electrons. The molecule has 0 saturated heterocycles. The second kappa shape index (κ2) is 4.91. The molecule has 96 valence electrons. The van der Waals surface area contributed by atoms with Crippen LogP contribution >= 0.6 is 0 Å². The van der Waals surface area contributed by atoms with Crippen molar-refractivity contribution >= 4 is 17.7 Å². The molecule has 18 heavy (non-hydrogen) atoms. The first-order valence-corrected chi connectivity index (χ1v) is 5.52. The van der Waals surface area contributed by atoms with E-state index in [9.17, 15) is 9.59 Å². The van der Waals surface area contributed by atoms with Crippen molar-refractivity contribution in [2.24, 2.45) is 13.0 Å². The molecule has 0 bridgehead atoms. The zero-order valence-electron chi connectivity index (χ0n) is 9.83. The molecule has 0 aromatic carbocycles. The zero-order valence-corrected chi connectivity index (χ0v) is 9.83. The van der Waals surface area contributed by atoms with E-state index in [4.69, 9.17) is 5.11 Å². The number of carboxylic acid groups (broad SMARTS) is 1. The third-order valence-corrected chi connectivity index (χ3v) is 2.68. The molecule has 1 aromatic heterocycles. The topological polar surface area (TPSA) is 96.2 Å². The van der Waals surface area contributed by atoms with Crippen LogP contribution in [0.1, 0.15) is 6.42 Å². The van der Waals surface area contributed by atoms with Crippen LogP contribution in [0.4, 0.5) is 10.5 Å². The lowest BCUT2D eigenvalue weighted by atomic mass is 10.1. The predicted molar refractivity (Wildman–Crippen MR) is 64.0 cm³/mol. The Morgan fingerprint density at radius 3 is 2.83 bits per heavy atom. The standard InChI is InChI=1S/C11H14N4O3/c1-15-6-9(5-12-15)14-11(18)13-8-3-2-7(4-8)10(16)17/h2-3,5-8H,4H2,1H3,(H,16,17)(H2,13,14,18). The molecule has 1 heterocycles. The van der Waals surface area contributed by atoms with Gasteiger partial charge in [0, 0.05) is 13.2 Å². The Morgan fingerprint density at radius 1 is 1.50 bits per heavy atom. The number of amides is 2. The van der Waals surface area contributed by atoms with Gasteiger partial charge in [-0.1, -0.05) is 12.2 Å². The average Bonchev–Trinajstić information content (AvgIpc) is 2.88. The minimum absolute atomic E-state index is 0.247. The smallest absolute Gasteiger partial charge is 0.319 e. The number of hydrogen-bond donors (Lipinski definition) is 3. The molecule has 7 heteroatoms. The van der Waals surface area contributed by atoms with Crippen molar-refractivity contribution in [3.63, 3.8) is 0 Å². The van der Waals surface area contributed by atoms with Crippen LogP contribution in [0.2, 0.25) is 0 Å². The van der Waals surface area contributed by atoms with Crippen molar-refractivity contribution < 1.29 is 14.7 Å². The number of carbonyl (C=O) groups excluding carboxylic acids is 1. The molecule has 7 nitrogen and oxygen atoms in total. The number of anilines is 1. The van der Waals surface area contributed by atoms with Crippen LogP contribution in [-0.4, -0.2) is 32.9 Å². The molecule has 2 amide bonds. The molecule has 2 rings (SSSR count). The summed E-state index contributed by atoms with van der Waals surface area (Å²) in [6, 6.07) is -0.619. The monoisotopic (exact) mass is 250 g/mol. The summed E-state index contributed by atoms with van der Waals surface area (Å²) in [5.41, 5.74) is 0.590. The van der Waals surface area contributed by atoms with Crippen molar-refractivity contribution in [1.82, 2.24) is 15.1 Å². The Kier molecular flexibility index (Phi) is 3.31. The summed E-state index contributed by atoms with van der Waals surface area (Å²) < 4.78 is 1.57. The third-order valence-electron chi connectivity index (χ3n) is 2.68. The van der Waals surface area contributed by atoms with E-state index in [1.54, 1.807) is 30.1 Å². The molecular weight excluding hydrogens is 236 g/mol. The lowest BCUT2D eigenvalue weighted by Gasteiger charge is -2.12. The van der Waals surface area contributed by atoms with Gasteiger partial charge in [-0.2, -0.15) is 5.10 Å². The molecule has 0 saturated carbocycles. The van der Waals surface area contributed by atoms with Crippen molar-refractivity contribution in [2.45, 2.75) is 12.5 Å². The van der Waals surface area contributed by atoms with Crippen molar-refractivity contribution in [3.8, 4) is 0 Å². The molecule has 0 spiro atoms. The van der Waals surface area contributed by atoms with E-state index in [1.807, 2.05) is 0 Å². The van der Waals surface area contributed by atoms with Crippen LogP contribution in [0.25, 0.3) is 0 Å². The van der Waals surface area contributed by atoms with Crippen molar-refractivity contribution in [2.75, 3.05) is 5.32 Å². The number of hydrogen-bond acceptors (Lipinski definition) is 3. The highest BCUT2D eigenvalue weighted by atomic mass is 16.4. The van der Waals surface area contributed by atoms with E-state index in [-0.39, 0.29) is 12.1 Å². The largest absolute Gasteiger partial charge is 0.481 e. The maximum absolute atomic E-state index is 11.6. The van der Waals surface area contributed by atoms with Gasteiger partial charge < -0.3 is 15.7 Å². The summed E-state index contributed by atoms with van der Waals surface area (Å²) in [7, 11) is 1.75. The number of urea groups is 1. The fourth-order valence-electron chi connectivity index (χ4n) is 1.81. The molecule has 1 aromatic rings. The second-order valence-corrected chi connectivity index (χ2v) is 4.17. The van der Waals surface area contributed by atoms with Crippen LogP contribution in [0, 0.1) is 5.92 Å². The molecule has 2 atom stereocenters. The summed E-state index contributed by atoms with van der Waals surface area (Å²) >= 11 is 0. The van der Waals surface area contributed by atoms with Gasteiger partial charge in [0.15, 0.2) is 0 Å². The number of aromatic nitrogens is 2. The molecule has 0 fully saturated rings. The lowest BCUT2D eigenvalue weighted by molar-refractivity contribution is -0.140. The minimum atomic E-state index is -0.872. The number of aliphatic carboxylic acids is 1. The number of nitrogens with zero attached hydrogens (tertiary/aromatic N) is 2. The Bertz CT molecular complexity index is 494. The first-order valence-electron chi connectivity index (χ1n) is 5.52. The molecule has 2 unspecified atom stereocenters. The zero-order chi connectivity index (χ0) is 13.1. The number of nitrogens with one attached hydrogen (secondary N) is 2. The molecule has 1 aliphatic carbocycles. The van der Waals surface area contributed by atoms with E-state index >= 15 is 0 Å². The van der Waals surface area contributed by atoms with Gasteiger partial charge in [-0.3, -0.25) is 9.48 Å². The Morgan fingerprint density at radius 2 is 2.28 bits per heavy atom. The predicted octanol–water partition coefficient (Wildman–Crippen LogP) is 0.571. The Hall–Kier alpha value is -2.31. The first-order chi connectivity index (χ1) is 8.54. The average molecular weight is 250 g/mol. The van der Waals surface area contributed by atoms with Gasteiger partial charge in [-0.15, -0.1) is 0 Å². The fourth-order valence-corrected chi connectivity index (χ4v) is 1.81. The van der Waals surface area contributed by atoms with E-state index in [2.05, 4.69) is 15.7 Å². The minimum Gasteiger partial charge on any atom is -0.481 e. The van der Waals surface area contributed by atoms with E-state index in [1.165, 1.54) is 6.20 Å². The maximum Gasteiger partial charge on any atom is 0.319 e. The van der Waals surface area contributed by atoms with Crippen LogP contribution in [0.15, 0.2) is 24.5 Å². The summed E-state index contributed by atoms with van der Waals surface area (Å²) in [6.45, 7) is 0. The van der Waals surface area contributed by atoms with Gasteiger partial charge >= 0.3 is 12.0 Å². The van der Waals surface area contributed by atoms with Crippen LogP contribution in [0.3, 0.4) is 0 Å². The van der Waals surface area contributed by atoms with E-state index in [0.717, 1.165) is 0 Å². The van der Waals surface area contributed by atoms with Crippen LogP contribution in [0.5, 0.6) is 0 Å². The number of rotatable bonds is 3. The Balaban J connectivity index is 1.82. The van der Waals surface area contributed by atoms with Crippen molar-refractivity contribution in [3.05, 3.63) is 24.5 Å². The van der Waals surface area contributed by atoms with Gasteiger partial charge in [-0.25, -0.2) is 4.79 Å². The highest BCUT2D eigenvalue weighted by molar-refractivity contribution is 5.89. The highest BCUT2D eigenvalue weighted by Crippen LogP contribution is 2.18. The van der Waals surface area contributed by atoms with Crippen LogP contribution < -0.4 is 10.6 Å². The summed E-state index contributed by atoms with van der Waals surface area (Å²) in [5, 5.41) is 18.0. The normalized spacial score (nSPS) is 21.8. The van der Waals surface area contributed by atoms with Gasteiger partial charge in [0.2, 0.25) is 0 Å². The highest BCUT2D eigenvalue weighted by Gasteiger charge is 2.25. The molecule has 3 N–H and O–H groups in total. The summed E-state index contributed by atoms with van der Waals surface area (Å²) in [6.07, 6.45) is 6.88. The van der Waals surface area contributed by atoms with Gasteiger partial charge in [0.25, 0.3) is 0 Å². The third kappa shape index (κ3) is 2.88. The molecule has 0 aliphatic heterocycles. The number of carboxylic acids is 1. The summed E-state index contributed by atoms with van der Waals surface area (Å²) in [4.78, 5) is 22.3. The molecule has 1 aliphatic rings. The van der Waals surface area contributed by atoms with E-state index < -0.39 is 11.9 Å². The van der Waals surface area contributed by atoms with Gasteiger partial charge in [0.05, 0.1) is 23.8 Å². The fraction of sp³-hybridized carbons (Fsp3) is 0.364. The Labute approximate surface area is 103 Å². The van der Waals surface area contributed by atoms with Crippen molar-refractivity contribution in [1.29, 1.82) is 0 Å². The number of aryl methyl sites for hydroxylation is 1. The maximum atomic E-state index is 11.6. The quantitative estimate of drug-likeness (QED) is 0.683. The SMILES string of the molecule is Cn1cc(NC(=O)NC2C=CC(C(=O)O)C2)cn1. The van der Waals surface area contributed by atoms with Gasteiger partial charge in [0.1, 0.15) is 0 Å². The number of carbonyl (C=O) groups is 2. The van der Waals surface area contributed by atoms with E-state index in [0.29, 0.717) is 12.1 Å². The second-order valence-electron chi connectivity index (χ2n) is 4.17.